The largest absolute Gasteiger partial charge is 0.510 e. The number of hydrogen-bond acceptors (Lipinski definition) is 3. The van der Waals surface area contributed by atoms with E-state index in [9.17, 15) is 5.11 Å². The number of allylic oxidation sites excluding steroid dienone is 1. The Bertz CT molecular complexity index is 192. The minimum absolute atomic E-state index is 0.0116. The molecule has 3 aliphatic heterocycles. The number of nitrogens with zero attached hydrogens (tertiary/aromatic N) is 1. The molecule has 2 bridgehead atoms. The summed E-state index contributed by atoms with van der Waals surface area (Å²) in [6.45, 7) is 2.00. The molecule has 11 heavy (non-hydrogen) atoms. The van der Waals surface area contributed by atoms with Crippen LogP contribution in [0.3, 0.4) is 0 Å². The summed E-state index contributed by atoms with van der Waals surface area (Å²) < 4.78 is 0. The summed E-state index contributed by atoms with van der Waals surface area (Å²) in [5, 5.41) is 18.5. The van der Waals surface area contributed by atoms with Gasteiger partial charge in [0, 0.05) is 19.0 Å². The van der Waals surface area contributed by atoms with Crippen LogP contribution in [-0.2, 0) is 0 Å². The van der Waals surface area contributed by atoms with E-state index in [1.54, 1.807) is 0 Å². The minimum atomic E-state index is -0.0116. The van der Waals surface area contributed by atoms with Gasteiger partial charge in [-0.2, -0.15) is 0 Å². The lowest BCUT2D eigenvalue weighted by Crippen LogP contribution is -2.41. The third-order valence-electron chi connectivity index (χ3n) is 2.71. The van der Waals surface area contributed by atoms with Crippen LogP contribution >= 0.6 is 0 Å². The molecular formula is C8H13NO2. The zero-order valence-corrected chi connectivity index (χ0v) is 6.45. The lowest BCUT2D eigenvalue weighted by atomic mass is 9.88. The summed E-state index contributed by atoms with van der Waals surface area (Å²) in [4.78, 5) is 2.08. The Balaban J connectivity index is 2.31. The topological polar surface area (TPSA) is 43.7 Å². The molecule has 0 amide bonds. The van der Waals surface area contributed by atoms with E-state index in [2.05, 4.69) is 4.90 Å². The van der Waals surface area contributed by atoms with E-state index in [1.165, 1.54) is 0 Å². The van der Waals surface area contributed by atoms with E-state index in [0.717, 1.165) is 31.6 Å². The molecule has 3 nitrogen and oxygen atoms in total. The number of fused-ring (bicyclic) bond motifs is 2. The van der Waals surface area contributed by atoms with Crippen LogP contribution in [0.15, 0.2) is 11.5 Å². The van der Waals surface area contributed by atoms with Gasteiger partial charge in [0.15, 0.2) is 0 Å². The average molecular weight is 155 g/mol. The first-order valence-corrected chi connectivity index (χ1v) is 4.10. The maximum absolute atomic E-state index is 9.54. The summed E-state index contributed by atoms with van der Waals surface area (Å²) >= 11 is 0. The lowest BCUT2D eigenvalue weighted by molar-refractivity contribution is 0.122. The van der Waals surface area contributed by atoms with Crippen molar-refractivity contribution in [1.29, 1.82) is 0 Å². The van der Waals surface area contributed by atoms with Crippen LogP contribution in [0, 0.1) is 5.92 Å². The monoisotopic (exact) mass is 155 g/mol. The number of rotatable bonds is 1. The van der Waals surface area contributed by atoms with E-state index < -0.39 is 0 Å². The van der Waals surface area contributed by atoms with Crippen molar-refractivity contribution in [3.63, 3.8) is 0 Å². The van der Waals surface area contributed by atoms with Crippen molar-refractivity contribution in [1.82, 2.24) is 4.90 Å². The fraction of sp³-hybridized carbons (Fsp3) is 0.750. The van der Waals surface area contributed by atoms with Crippen molar-refractivity contribution in [2.75, 3.05) is 19.7 Å². The second kappa shape index (κ2) is 2.41. The highest BCUT2D eigenvalue weighted by Crippen LogP contribution is 2.33. The second-order valence-corrected chi connectivity index (χ2v) is 3.25. The highest BCUT2D eigenvalue weighted by atomic mass is 16.3. The van der Waals surface area contributed by atoms with Gasteiger partial charge in [-0.3, -0.25) is 0 Å². The molecule has 0 radical (unpaired) electrons. The van der Waals surface area contributed by atoms with Gasteiger partial charge < -0.3 is 15.1 Å². The summed E-state index contributed by atoms with van der Waals surface area (Å²) in [5.41, 5.74) is 0.757. The average Bonchev–Trinajstić information content (AvgIpc) is 2.06. The molecule has 0 aromatic rings. The van der Waals surface area contributed by atoms with Gasteiger partial charge in [-0.15, -0.1) is 0 Å². The van der Waals surface area contributed by atoms with Crippen LogP contribution in [0.25, 0.3) is 0 Å². The van der Waals surface area contributed by atoms with Crippen molar-refractivity contribution >= 4 is 0 Å². The predicted molar refractivity (Wildman–Crippen MR) is 41.0 cm³/mol. The van der Waals surface area contributed by atoms with E-state index in [-0.39, 0.29) is 6.61 Å². The van der Waals surface area contributed by atoms with Crippen LogP contribution in [0.5, 0.6) is 0 Å². The molecule has 0 aromatic heterocycles. The maximum Gasteiger partial charge on any atom is 0.117 e. The van der Waals surface area contributed by atoms with Crippen LogP contribution in [0.1, 0.15) is 12.8 Å². The third-order valence-corrected chi connectivity index (χ3v) is 2.71. The Kier molecular flexibility index (Phi) is 1.53. The van der Waals surface area contributed by atoms with E-state index in [1.807, 2.05) is 0 Å². The summed E-state index contributed by atoms with van der Waals surface area (Å²) in [5.74, 6) is 0.771. The summed E-state index contributed by atoms with van der Waals surface area (Å²) in [6, 6.07) is 0. The Labute approximate surface area is 65.9 Å². The van der Waals surface area contributed by atoms with Gasteiger partial charge in [-0.25, -0.2) is 0 Å². The first-order chi connectivity index (χ1) is 5.33. The van der Waals surface area contributed by atoms with Gasteiger partial charge in [0.2, 0.25) is 0 Å². The quantitative estimate of drug-likeness (QED) is 0.578. The molecule has 3 heterocycles. The molecule has 3 aliphatic rings. The number of aliphatic hydroxyl groups excluding tert-OH is 2. The Morgan fingerprint density at radius 3 is 2.36 bits per heavy atom. The molecule has 62 valence electrons. The van der Waals surface area contributed by atoms with Crippen LogP contribution < -0.4 is 0 Å². The van der Waals surface area contributed by atoms with Crippen molar-refractivity contribution in [2.24, 2.45) is 5.92 Å². The minimum Gasteiger partial charge on any atom is -0.510 e. The van der Waals surface area contributed by atoms with Gasteiger partial charge in [0.1, 0.15) is 5.76 Å². The Morgan fingerprint density at radius 1 is 1.36 bits per heavy atom. The number of hydrogen-bond donors (Lipinski definition) is 2. The van der Waals surface area contributed by atoms with E-state index in [4.69, 9.17) is 5.11 Å². The Hall–Kier alpha value is -0.700. The normalized spacial score (nSPS) is 25.0. The zero-order chi connectivity index (χ0) is 7.84. The third kappa shape index (κ3) is 0.913. The predicted octanol–water partition coefficient (Wildman–Crippen LogP) is 0.474. The van der Waals surface area contributed by atoms with Gasteiger partial charge >= 0.3 is 0 Å². The summed E-state index contributed by atoms with van der Waals surface area (Å²) in [6.07, 6.45) is 2.10. The first-order valence-electron chi connectivity index (χ1n) is 4.10. The zero-order valence-electron chi connectivity index (χ0n) is 6.45. The molecule has 0 atom stereocenters. The molecule has 3 rings (SSSR count). The van der Waals surface area contributed by atoms with Crippen molar-refractivity contribution in [2.45, 2.75) is 12.8 Å². The molecule has 0 unspecified atom stereocenters. The van der Waals surface area contributed by atoms with E-state index >= 15 is 0 Å². The maximum atomic E-state index is 9.54. The molecular weight excluding hydrogens is 142 g/mol. The van der Waals surface area contributed by atoms with Crippen molar-refractivity contribution in [3.8, 4) is 0 Å². The fourth-order valence-electron chi connectivity index (χ4n) is 2.00. The Morgan fingerprint density at radius 2 is 2.00 bits per heavy atom. The van der Waals surface area contributed by atoms with E-state index in [0.29, 0.717) is 11.7 Å². The van der Waals surface area contributed by atoms with Gasteiger partial charge in [0.05, 0.1) is 12.3 Å². The molecule has 1 saturated heterocycles. The standard InChI is InChI=1S/C8H13NO2/c10-5-7-8(11)6-1-3-9(7)4-2-6/h6,10-11H,1-5H2. The van der Waals surface area contributed by atoms with Crippen molar-refractivity contribution < 1.29 is 10.2 Å². The molecule has 0 saturated carbocycles. The highest BCUT2D eigenvalue weighted by molar-refractivity contribution is 5.16. The van der Waals surface area contributed by atoms with Gasteiger partial charge in [-0.05, 0) is 12.8 Å². The summed E-state index contributed by atoms with van der Waals surface area (Å²) in [7, 11) is 0. The highest BCUT2D eigenvalue weighted by Gasteiger charge is 2.32. The van der Waals surface area contributed by atoms with Crippen molar-refractivity contribution in [3.05, 3.63) is 11.5 Å². The van der Waals surface area contributed by atoms with Crippen LogP contribution in [-0.4, -0.2) is 34.8 Å². The molecule has 3 heteroatoms. The molecule has 0 aliphatic carbocycles. The fourth-order valence-corrected chi connectivity index (χ4v) is 2.00. The smallest absolute Gasteiger partial charge is 0.117 e. The van der Waals surface area contributed by atoms with Crippen LogP contribution in [0.4, 0.5) is 0 Å². The van der Waals surface area contributed by atoms with Gasteiger partial charge in [0.25, 0.3) is 0 Å². The number of piperidine rings is 1. The molecule has 0 aromatic carbocycles. The lowest BCUT2D eigenvalue weighted by Gasteiger charge is -2.41. The second-order valence-electron chi connectivity index (χ2n) is 3.25. The molecule has 0 spiro atoms. The number of aliphatic hydroxyl groups is 2. The molecule has 2 N–H and O–H groups in total. The van der Waals surface area contributed by atoms with Gasteiger partial charge in [-0.1, -0.05) is 0 Å². The first kappa shape index (κ1) is 6.98. The molecule has 1 fully saturated rings. The SMILES string of the molecule is OCC1=C(O)C2CCN1CC2. The van der Waals surface area contributed by atoms with Crippen LogP contribution in [0.2, 0.25) is 0 Å².